The number of carbonyl (C=O) groups is 2. The molecular formula is C22H17ClN4O2S. The molecule has 4 aromatic rings. The summed E-state index contributed by atoms with van der Waals surface area (Å²) in [5, 5.41) is 5.24. The Labute approximate surface area is 181 Å². The Morgan fingerprint density at radius 1 is 1.13 bits per heavy atom. The molecule has 0 atom stereocenters. The summed E-state index contributed by atoms with van der Waals surface area (Å²) in [5.41, 5.74) is 3.76. The summed E-state index contributed by atoms with van der Waals surface area (Å²) < 4.78 is 1.86. The van der Waals surface area contributed by atoms with Crippen molar-refractivity contribution in [3.63, 3.8) is 0 Å². The van der Waals surface area contributed by atoms with E-state index in [1.54, 1.807) is 35.4 Å². The minimum atomic E-state index is -0.262. The fourth-order valence-corrected chi connectivity index (χ4v) is 4.57. The highest BCUT2D eigenvalue weighted by Crippen LogP contribution is 2.25. The third kappa shape index (κ3) is 3.46. The molecule has 30 heavy (non-hydrogen) atoms. The quantitative estimate of drug-likeness (QED) is 0.514. The molecule has 0 aliphatic carbocycles. The van der Waals surface area contributed by atoms with E-state index in [0.29, 0.717) is 35.1 Å². The summed E-state index contributed by atoms with van der Waals surface area (Å²) in [6.07, 6.45) is 4.43. The minimum absolute atomic E-state index is 0.0814. The number of carbonyl (C=O) groups excluding carboxylic acids is 2. The van der Waals surface area contributed by atoms with Crippen molar-refractivity contribution in [3.05, 3.63) is 87.6 Å². The number of benzene rings is 2. The SMILES string of the molecule is O=C(Nc1ccc2c(c1)CN(C(=O)c1cn3ccsc3n1)CC2)c1ccccc1Cl. The summed E-state index contributed by atoms with van der Waals surface area (Å²) in [5.74, 6) is -0.343. The van der Waals surface area contributed by atoms with Crippen LogP contribution in [0.2, 0.25) is 5.02 Å². The molecule has 2 aromatic heterocycles. The number of fused-ring (bicyclic) bond motifs is 2. The van der Waals surface area contributed by atoms with Gasteiger partial charge in [0.15, 0.2) is 4.96 Å². The van der Waals surface area contributed by atoms with Gasteiger partial charge in [0.2, 0.25) is 0 Å². The van der Waals surface area contributed by atoms with Gasteiger partial charge in [0.1, 0.15) is 5.69 Å². The molecule has 0 bridgehead atoms. The number of halogens is 1. The van der Waals surface area contributed by atoms with E-state index >= 15 is 0 Å². The number of nitrogens with one attached hydrogen (secondary N) is 1. The van der Waals surface area contributed by atoms with Crippen LogP contribution in [-0.2, 0) is 13.0 Å². The predicted molar refractivity (Wildman–Crippen MR) is 117 cm³/mol. The first-order valence-corrected chi connectivity index (χ1v) is 10.7. The zero-order valence-electron chi connectivity index (χ0n) is 15.8. The maximum atomic E-state index is 12.9. The highest BCUT2D eigenvalue weighted by atomic mass is 35.5. The van der Waals surface area contributed by atoms with Gasteiger partial charge < -0.3 is 10.2 Å². The Bertz CT molecular complexity index is 1250. The largest absolute Gasteiger partial charge is 0.333 e. The third-order valence-corrected chi connectivity index (χ3v) is 6.29. The van der Waals surface area contributed by atoms with Gasteiger partial charge in [-0.25, -0.2) is 4.98 Å². The number of thiazole rings is 1. The molecule has 0 spiro atoms. The lowest BCUT2D eigenvalue weighted by Crippen LogP contribution is -2.36. The van der Waals surface area contributed by atoms with Gasteiger partial charge in [-0.2, -0.15) is 0 Å². The topological polar surface area (TPSA) is 66.7 Å². The molecule has 3 heterocycles. The van der Waals surface area contributed by atoms with Crippen LogP contribution in [0.4, 0.5) is 5.69 Å². The average molecular weight is 437 g/mol. The normalized spacial score (nSPS) is 13.3. The Hall–Kier alpha value is -3.16. The molecule has 0 saturated carbocycles. The molecule has 1 aliphatic rings. The number of hydrogen-bond acceptors (Lipinski definition) is 4. The van der Waals surface area contributed by atoms with Gasteiger partial charge in [-0.15, -0.1) is 11.3 Å². The lowest BCUT2D eigenvalue weighted by atomic mass is 9.98. The number of hydrogen-bond donors (Lipinski definition) is 1. The summed E-state index contributed by atoms with van der Waals surface area (Å²) in [6.45, 7) is 1.12. The Balaban J connectivity index is 1.34. The van der Waals surface area contributed by atoms with Gasteiger partial charge in [0, 0.05) is 36.6 Å². The second-order valence-corrected chi connectivity index (χ2v) is 8.39. The van der Waals surface area contributed by atoms with E-state index in [1.165, 1.54) is 16.9 Å². The van der Waals surface area contributed by atoms with Crippen LogP contribution in [0.3, 0.4) is 0 Å². The van der Waals surface area contributed by atoms with Crippen LogP contribution in [0.15, 0.2) is 60.2 Å². The number of aromatic nitrogens is 2. The number of anilines is 1. The molecule has 0 radical (unpaired) electrons. The standard InChI is InChI=1S/C22H17ClN4O2S/c23-18-4-2-1-3-17(18)20(28)24-16-6-5-14-7-8-26(12-15(14)11-16)21(29)19-13-27-9-10-30-22(27)25-19/h1-6,9-11,13H,7-8,12H2,(H,24,28). The fraction of sp³-hybridized carbons (Fsp3) is 0.136. The molecule has 0 unspecified atom stereocenters. The highest BCUT2D eigenvalue weighted by molar-refractivity contribution is 7.15. The van der Waals surface area contributed by atoms with Gasteiger partial charge >= 0.3 is 0 Å². The fourth-order valence-electron chi connectivity index (χ4n) is 3.64. The van der Waals surface area contributed by atoms with Crippen LogP contribution in [0.1, 0.15) is 32.0 Å². The van der Waals surface area contributed by atoms with Crippen molar-refractivity contribution < 1.29 is 9.59 Å². The lowest BCUT2D eigenvalue weighted by Gasteiger charge is -2.28. The molecule has 6 nitrogen and oxygen atoms in total. The first-order chi connectivity index (χ1) is 14.6. The van der Waals surface area contributed by atoms with Crippen molar-refractivity contribution in [1.82, 2.24) is 14.3 Å². The molecule has 5 rings (SSSR count). The van der Waals surface area contributed by atoms with Gasteiger partial charge in [-0.1, -0.05) is 29.8 Å². The van der Waals surface area contributed by atoms with E-state index in [9.17, 15) is 9.59 Å². The summed E-state index contributed by atoms with van der Waals surface area (Å²) in [6, 6.07) is 12.7. The molecule has 8 heteroatoms. The maximum absolute atomic E-state index is 12.9. The van der Waals surface area contributed by atoms with Crippen molar-refractivity contribution in [1.29, 1.82) is 0 Å². The Morgan fingerprint density at radius 2 is 2.00 bits per heavy atom. The van der Waals surface area contributed by atoms with Gasteiger partial charge in [-0.05, 0) is 41.8 Å². The molecule has 150 valence electrons. The maximum Gasteiger partial charge on any atom is 0.274 e. The van der Waals surface area contributed by atoms with Crippen molar-refractivity contribution in [2.24, 2.45) is 0 Å². The van der Waals surface area contributed by atoms with Crippen LogP contribution in [0.5, 0.6) is 0 Å². The zero-order chi connectivity index (χ0) is 20.7. The second kappa shape index (κ2) is 7.59. The monoisotopic (exact) mass is 436 g/mol. The van der Waals surface area contributed by atoms with E-state index in [0.717, 1.165) is 16.9 Å². The smallest absolute Gasteiger partial charge is 0.274 e. The van der Waals surface area contributed by atoms with E-state index in [-0.39, 0.29) is 11.8 Å². The van der Waals surface area contributed by atoms with Crippen molar-refractivity contribution >= 4 is 45.4 Å². The van der Waals surface area contributed by atoms with E-state index < -0.39 is 0 Å². The van der Waals surface area contributed by atoms with Crippen molar-refractivity contribution in [3.8, 4) is 0 Å². The van der Waals surface area contributed by atoms with Gasteiger partial charge in [0.25, 0.3) is 11.8 Å². The number of nitrogens with zero attached hydrogens (tertiary/aromatic N) is 3. The molecule has 0 saturated heterocycles. The first-order valence-electron chi connectivity index (χ1n) is 9.47. The third-order valence-electron chi connectivity index (χ3n) is 5.19. The molecule has 0 fully saturated rings. The molecule has 2 amide bonds. The number of amides is 2. The van der Waals surface area contributed by atoms with Crippen LogP contribution in [-0.4, -0.2) is 32.6 Å². The van der Waals surface area contributed by atoms with Gasteiger partial charge in [-0.3, -0.25) is 14.0 Å². The van der Waals surface area contributed by atoms with E-state index in [1.807, 2.05) is 34.2 Å². The zero-order valence-corrected chi connectivity index (χ0v) is 17.4. The lowest BCUT2D eigenvalue weighted by molar-refractivity contribution is 0.0729. The van der Waals surface area contributed by atoms with Crippen molar-refractivity contribution in [2.45, 2.75) is 13.0 Å². The number of imidazole rings is 1. The first kappa shape index (κ1) is 18.8. The van der Waals surface area contributed by atoms with Crippen LogP contribution < -0.4 is 5.32 Å². The van der Waals surface area contributed by atoms with Crippen LogP contribution in [0, 0.1) is 0 Å². The summed E-state index contributed by atoms with van der Waals surface area (Å²) >= 11 is 7.62. The minimum Gasteiger partial charge on any atom is -0.333 e. The van der Waals surface area contributed by atoms with Crippen LogP contribution in [0.25, 0.3) is 4.96 Å². The molecular weight excluding hydrogens is 420 g/mol. The molecule has 1 aliphatic heterocycles. The van der Waals surface area contributed by atoms with E-state index in [4.69, 9.17) is 11.6 Å². The van der Waals surface area contributed by atoms with Crippen LogP contribution >= 0.6 is 22.9 Å². The van der Waals surface area contributed by atoms with Gasteiger partial charge in [0.05, 0.1) is 10.6 Å². The average Bonchev–Trinajstić information content (AvgIpc) is 3.35. The van der Waals surface area contributed by atoms with Crippen molar-refractivity contribution in [2.75, 3.05) is 11.9 Å². The Morgan fingerprint density at radius 3 is 2.83 bits per heavy atom. The Kier molecular flexibility index (Phi) is 4.77. The number of rotatable bonds is 3. The van der Waals surface area contributed by atoms with E-state index in [2.05, 4.69) is 10.3 Å². The molecule has 1 N–H and O–H groups in total. The highest BCUT2D eigenvalue weighted by Gasteiger charge is 2.24. The second-order valence-electron chi connectivity index (χ2n) is 7.11. The predicted octanol–water partition coefficient (Wildman–Crippen LogP) is 4.50. The summed E-state index contributed by atoms with van der Waals surface area (Å²) in [4.78, 5) is 32.5. The summed E-state index contributed by atoms with van der Waals surface area (Å²) in [7, 11) is 0. The molecule has 2 aromatic carbocycles.